The summed E-state index contributed by atoms with van der Waals surface area (Å²) in [6.45, 7) is 10.8. The van der Waals surface area contributed by atoms with Crippen molar-refractivity contribution in [1.82, 2.24) is 0 Å². The molecule has 1 rings (SSSR count). The van der Waals surface area contributed by atoms with Crippen molar-refractivity contribution in [1.29, 1.82) is 0 Å². The van der Waals surface area contributed by atoms with E-state index in [4.69, 9.17) is 9.47 Å². The van der Waals surface area contributed by atoms with Crippen LogP contribution in [0.15, 0.2) is 24.3 Å². The van der Waals surface area contributed by atoms with Gasteiger partial charge in [0.1, 0.15) is 0 Å². The fourth-order valence-corrected chi connectivity index (χ4v) is 1.92. The van der Waals surface area contributed by atoms with Crippen molar-refractivity contribution in [2.75, 3.05) is 6.61 Å². The molecular weight excluding hydrogens is 252 g/mol. The molecule has 1 aromatic carbocycles. The molecule has 112 valence electrons. The third kappa shape index (κ3) is 5.33. The van der Waals surface area contributed by atoms with Gasteiger partial charge in [0.15, 0.2) is 6.29 Å². The molecule has 0 radical (unpaired) electrons. The van der Waals surface area contributed by atoms with Crippen molar-refractivity contribution >= 4 is 5.97 Å². The molecule has 0 bridgehead atoms. The Balaban J connectivity index is 2.64. The highest BCUT2D eigenvalue weighted by Crippen LogP contribution is 2.25. The van der Waals surface area contributed by atoms with Gasteiger partial charge in [0.2, 0.25) is 0 Å². The average Bonchev–Trinajstić information content (AvgIpc) is 2.39. The predicted molar refractivity (Wildman–Crippen MR) is 80.7 cm³/mol. The zero-order valence-corrected chi connectivity index (χ0v) is 13.2. The molecule has 0 N–H and O–H groups in total. The summed E-state index contributed by atoms with van der Waals surface area (Å²) in [5.41, 5.74) is 2.09. The third-order valence-electron chi connectivity index (χ3n) is 3.50. The van der Waals surface area contributed by atoms with Crippen LogP contribution in [-0.4, -0.2) is 18.9 Å². The Bertz CT molecular complexity index is 420. The van der Waals surface area contributed by atoms with Crippen molar-refractivity contribution in [3.63, 3.8) is 0 Å². The Kier molecular flexibility index (Phi) is 6.21. The first-order chi connectivity index (χ1) is 9.38. The van der Waals surface area contributed by atoms with Crippen LogP contribution >= 0.6 is 0 Å². The van der Waals surface area contributed by atoms with Crippen LogP contribution in [0, 0.1) is 5.41 Å². The van der Waals surface area contributed by atoms with Crippen LogP contribution in [0.25, 0.3) is 0 Å². The Morgan fingerprint density at radius 2 is 1.80 bits per heavy atom. The second-order valence-corrected chi connectivity index (χ2v) is 5.82. The summed E-state index contributed by atoms with van der Waals surface area (Å²) in [7, 11) is 0. The molecule has 1 aromatic rings. The van der Waals surface area contributed by atoms with E-state index in [-0.39, 0.29) is 11.4 Å². The Labute approximate surface area is 122 Å². The number of ether oxygens (including phenoxy) is 2. The number of esters is 1. The standard InChI is InChI=1S/C17H26O3/c1-6-17(4,5)12-14-8-10-15(11-9-14)16(18)20-13(3)19-7-2/h8-11,13H,6-7,12H2,1-5H3. The van der Waals surface area contributed by atoms with E-state index in [0.29, 0.717) is 12.2 Å². The van der Waals surface area contributed by atoms with Crippen LogP contribution < -0.4 is 0 Å². The molecule has 0 aliphatic heterocycles. The minimum absolute atomic E-state index is 0.283. The summed E-state index contributed by atoms with van der Waals surface area (Å²) in [6.07, 6.45) is 1.63. The lowest BCUT2D eigenvalue weighted by Crippen LogP contribution is -2.18. The summed E-state index contributed by atoms with van der Waals surface area (Å²) >= 11 is 0. The molecule has 0 heterocycles. The van der Waals surface area contributed by atoms with Gasteiger partial charge < -0.3 is 9.47 Å². The van der Waals surface area contributed by atoms with Gasteiger partial charge in [-0.2, -0.15) is 0 Å². The first-order valence-electron chi connectivity index (χ1n) is 7.29. The predicted octanol–water partition coefficient (Wildman–Crippen LogP) is 4.20. The molecule has 20 heavy (non-hydrogen) atoms. The fraction of sp³-hybridized carbons (Fsp3) is 0.588. The maximum atomic E-state index is 11.9. The molecule has 0 saturated carbocycles. The fourth-order valence-electron chi connectivity index (χ4n) is 1.92. The molecule has 0 fully saturated rings. The minimum atomic E-state index is -0.508. The van der Waals surface area contributed by atoms with E-state index >= 15 is 0 Å². The number of carbonyl (C=O) groups is 1. The second kappa shape index (κ2) is 7.44. The highest BCUT2D eigenvalue weighted by molar-refractivity contribution is 5.89. The topological polar surface area (TPSA) is 35.5 Å². The molecule has 3 heteroatoms. The molecule has 0 aromatic heterocycles. The molecule has 3 nitrogen and oxygen atoms in total. The van der Waals surface area contributed by atoms with Crippen molar-refractivity contribution in [2.45, 2.75) is 53.8 Å². The van der Waals surface area contributed by atoms with Gasteiger partial charge in [-0.25, -0.2) is 4.79 Å². The molecule has 1 atom stereocenters. The van der Waals surface area contributed by atoms with Gasteiger partial charge in [-0.1, -0.05) is 39.3 Å². The van der Waals surface area contributed by atoms with Gasteiger partial charge in [-0.15, -0.1) is 0 Å². The van der Waals surface area contributed by atoms with E-state index in [2.05, 4.69) is 20.8 Å². The van der Waals surface area contributed by atoms with Crippen LogP contribution in [-0.2, 0) is 15.9 Å². The van der Waals surface area contributed by atoms with Gasteiger partial charge >= 0.3 is 5.97 Å². The van der Waals surface area contributed by atoms with Gasteiger partial charge in [0, 0.05) is 6.61 Å². The quantitative estimate of drug-likeness (QED) is 0.554. The van der Waals surface area contributed by atoms with Crippen molar-refractivity contribution in [2.24, 2.45) is 5.41 Å². The molecular formula is C17H26O3. The van der Waals surface area contributed by atoms with E-state index in [1.165, 1.54) is 5.56 Å². The number of hydrogen-bond donors (Lipinski definition) is 0. The number of benzene rings is 1. The van der Waals surface area contributed by atoms with Crippen molar-refractivity contribution in [3.05, 3.63) is 35.4 Å². The average molecular weight is 278 g/mol. The second-order valence-electron chi connectivity index (χ2n) is 5.82. The zero-order chi connectivity index (χ0) is 15.2. The molecule has 0 aliphatic rings. The Morgan fingerprint density at radius 3 is 2.30 bits per heavy atom. The summed E-state index contributed by atoms with van der Waals surface area (Å²) in [6, 6.07) is 7.64. The lowest BCUT2D eigenvalue weighted by molar-refractivity contribution is -0.0940. The zero-order valence-electron chi connectivity index (χ0n) is 13.2. The van der Waals surface area contributed by atoms with Crippen LogP contribution in [0.3, 0.4) is 0 Å². The molecule has 0 saturated heterocycles. The maximum Gasteiger partial charge on any atom is 0.340 e. The molecule has 1 unspecified atom stereocenters. The lowest BCUT2D eigenvalue weighted by atomic mass is 9.83. The van der Waals surface area contributed by atoms with Crippen LogP contribution in [0.4, 0.5) is 0 Å². The number of carbonyl (C=O) groups excluding carboxylic acids is 1. The van der Waals surface area contributed by atoms with E-state index < -0.39 is 6.29 Å². The van der Waals surface area contributed by atoms with Crippen LogP contribution in [0.1, 0.15) is 57.0 Å². The summed E-state index contributed by atoms with van der Waals surface area (Å²) in [5.74, 6) is -0.341. The maximum absolute atomic E-state index is 11.9. The van der Waals surface area contributed by atoms with Gasteiger partial charge in [0.05, 0.1) is 5.56 Å². The SMILES string of the molecule is CCOC(C)OC(=O)c1ccc(CC(C)(C)CC)cc1. The van der Waals surface area contributed by atoms with E-state index in [1.54, 1.807) is 6.92 Å². The smallest absolute Gasteiger partial charge is 0.340 e. The van der Waals surface area contributed by atoms with Gasteiger partial charge in [0.25, 0.3) is 0 Å². The first kappa shape index (κ1) is 16.7. The highest BCUT2D eigenvalue weighted by Gasteiger charge is 2.16. The lowest BCUT2D eigenvalue weighted by Gasteiger charge is -2.22. The van der Waals surface area contributed by atoms with Crippen LogP contribution in [0.5, 0.6) is 0 Å². The van der Waals surface area contributed by atoms with Crippen molar-refractivity contribution < 1.29 is 14.3 Å². The van der Waals surface area contributed by atoms with E-state index in [0.717, 1.165) is 12.8 Å². The summed E-state index contributed by atoms with van der Waals surface area (Å²) in [4.78, 5) is 11.9. The van der Waals surface area contributed by atoms with Gasteiger partial charge in [-0.3, -0.25) is 0 Å². The van der Waals surface area contributed by atoms with Gasteiger partial charge in [-0.05, 0) is 43.4 Å². The monoisotopic (exact) mass is 278 g/mol. The largest absolute Gasteiger partial charge is 0.432 e. The Morgan fingerprint density at radius 1 is 1.20 bits per heavy atom. The normalized spacial score (nSPS) is 13.1. The van der Waals surface area contributed by atoms with Crippen LogP contribution in [0.2, 0.25) is 0 Å². The highest BCUT2D eigenvalue weighted by atomic mass is 16.7. The summed E-state index contributed by atoms with van der Waals surface area (Å²) < 4.78 is 10.4. The van der Waals surface area contributed by atoms with E-state index in [9.17, 15) is 4.79 Å². The minimum Gasteiger partial charge on any atom is -0.432 e. The molecule has 0 aliphatic carbocycles. The Hall–Kier alpha value is -1.35. The third-order valence-corrected chi connectivity index (χ3v) is 3.50. The number of rotatable bonds is 7. The molecule has 0 amide bonds. The first-order valence-corrected chi connectivity index (χ1v) is 7.29. The van der Waals surface area contributed by atoms with E-state index in [1.807, 2.05) is 31.2 Å². The molecule has 0 spiro atoms. The summed E-state index contributed by atoms with van der Waals surface area (Å²) in [5, 5.41) is 0. The number of hydrogen-bond acceptors (Lipinski definition) is 3. The van der Waals surface area contributed by atoms with Crippen molar-refractivity contribution in [3.8, 4) is 0 Å².